The van der Waals surface area contributed by atoms with Gasteiger partial charge >= 0.3 is 0 Å². The second-order valence-corrected chi connectivity index (χ2v) is 9.96. The van der Waals surface area contributed by atoms with Gasteiger partial charge in [0.2, 0.25) is 10.0 Å². The number of sulfone groups is 1. The van der Waals surface area contributed by atoms with Crippen LogP contribution in [0.2, 0.25) is 0 Å². The van der Waals surface area contributed by atoms with Crippen LogP contribution in [0.25, 0.3) is 0 Å². The van der Waals surface area contributed by atoms with E-state index in [1.54, 1.807) is 19.1 Å². The van der Waals surface area contributed by atoms with Crippen molar-refractivity contribution in [2.24, 2.45) is 0 Å². The minimum atomic E-state index is -3.96. The highest BCUT2D eigenvalue weighted by Crippen LogP contribution is 2.29. The molecule has 0 spiro atoms. The number of hydrogen-bond donors (Lipinski definition) is 1. The Morgan fingerprint density at radius 2 is 1.92 bits per heavy atom. The highest BCUT2D eigenvalue weighted by Gasteiger charge is 2.31. The van der Waals surface area contributed by atoms with Crippen molar-refractivity contribution in [1.29, 1.82) is 0 Å². The summed E-state index contributed by atoms with van der Waals surface area (Å²) in [7, 11) is -7.55. The fraction of sp³-hybridized carbons (Fsp3) is 0.353. The van der Waals surface area contributed by atoms with Crippen LogP contribution in [0.1, 0.15) is 29.7 Å². The standard InChI is InChI=1S/C17H21FN2O4S2/c1-3-9-25(21,22)20-12-17(14-5-4-8-19-11-14)26(23,24)15-6-7-16(18)13(2)10-15/h4-8,10-11,17,20H,3,9,12H2,1-2H3. The molecule has 0 saturated heterocycles. The fourth-order valence-corrected chi connectivity index (χ4v) is 5.41. The number of nitrogens with one attached hydrogen (secondary N) is 1. The van der Waals surface area contributed by atoms with Crippen molar-refractivity contribution in [3.05, 3.63) is 59.7 Å². The van der Waals surface area contributed by atoms with Crippen molar-refractivity contribution in [3.8, 4) is 0 Å². The van der Waals surface area contributed by atoms with Crippen LogP contribution in [0.3, 0.4) is 0 Å². The third kappa shape index (κ3) is 4.87. The SMILES string of the molecule is CCCS(=O)(=O)NCC(c1cccnc1)S(=O)(=O)c1ccc(F)c(C)c1. The first-order valence-electron chi connectivity index (χ1n) is 8.04. The molecule has 142 valence electrons. The number of aryl methyl sites for hydroxylation is 1. The molecule has 6 nitrogen and oxygen atoms in total. The molecule has 2 aromatic rings. The number of rotatable bonds is 8. The molecule has 1 heterocycles. The number of hydrogen-bond acceptors (Lipinski definition) is 5. The van der Waals surface area contributed by atoms with Gasteiger partial charge in [-0.25, -0.2) is 25.9 Å². The van der Waals surface area contributed by atoms with Gasteiger partial charge in [0.25, 0.3) is 0 Å². The summed E-state index contributed by atoms with van der Waals surface area (Å²) in [5, 5.41) is -1.17. The maximum absolute atomic E-state index is 13.5. The summed E-state index contributed by atoms with van der Waals surface area (Å²) < 4.78 is 65.9. The zero-order valence-electron chi connectivity index (χ0n) is 14.5. The largest absolute Gasteiger partial charge is 0.264 e. The summed E-state index contributed by atoms with van der Waals surface area (Å²) in [5.74, 6) is -0.604. The van der Waals surface area contributed by atoms with Gasteiger partial charge in [0.05, 0.1) is 10.6 Å². The Bertz CT molecular complexity index is 962. The summed E-state index contributed by atoms with van der Waals surface area (Å²) in [6, 6.07) is 6.66. The Hall–Kier alpha value is -1.84. The molecule has 1 aromatic heterocycles. The summed E-state index contributed by atoms with van der Waals surface area (Å²) in [4.78, 5) is 3.85. The van der Waals surface area contributed by atoms with Gasteiger partial charge in [-0.1, -0.05) is 13.0 Å². The van der Waals surface area contributed by atoms with Crippen LogP contribution in [-0.4, -0.2) is 34.1 Å². The summed E-state index contributed by atoms with van der Waals surface area (Å²) in [6.07, 6.45) is 3.29. The lowest BCUT2D eigenvalue weighted by atomic mass is 10.2. The number of aromatic nitrogens is 1. The van der Waals surface area contributed by atoms with Gasteiger partial charge in [0.1, 0.15) is 11.1 Å². The van der Waals surface area contributed by atoms with Crippen LogP contribution in [0.5, 0.6) is 0 Å². The van der Waals surface area contributed by atoms with Gasteiger partial charge in [-0.3, -0.25) is 4.98 Å². The van der Waals surface area contributed by atoms with E-state index >= 15 is 0 Å². The van der Waals surface area contributed by atoms with E-state index in [0.717, 1.165) is 6.07 Å². The van der Waals surface area contributed by atoms with E-state index in [0.29, 0.717) is 12.0 Å². The number of benzene rings is 1. The predicted octanol–water partition coefficient (Wildman–Crippen LogP) is 2.37. The summed E-state index contributed by atoms with van der Waals surface area (Å²) in [6.45, 7) is 2.86. The minimum absolute atomic E-state index is 0.0695. The molecule has 1 atom stereocenters. The molecule has 9 heteroatoms. The van der Waals surface area contributed by atoms with Crippen LogP contribution in [0.4, 0.5) is 4.39 Å². The lowest BCUT2D eigenvalue weighted by molar-refractivity contribution is 0.567. The molecule has 0 fully saturated rings. The lowest BCUT2D eigenvalue weighted by Gasteiger charge is -2.19. The first-order chi connectivity index (χ1) is 12.2. The van der Waals surface area contributed by atoms with Gasteiger partial charge in [0, 0.05) is 18.9 Å². The van der Waals surface area contributed by atoms with E-state index in [-0.39, 0.29) is 22.8 Å². The first kappa shape index (κ1) is 20.5. The van der Waals surface area contributed by atoms with Crippen LogP contribution >= 0.6 is 0 Å². The Balaban J connectivity index is 2.44. The highest BCUT2D eigenvalue weighted by atomic mass is 32.2. The van der Waals surface area contributed by atoms with Crippen LogP contribution < -0.4 is 4.72 Å². The Morgan fingerprint density at radius 1 is 1.19 bits per heavy atom. The van der Waals surface area contributed by atoms with Crippen LogP contribution in [0, 0.1) is 12.7 Å². The molecule has 1 unspecified atom stereocenters. The predicted molar refractivity (Wildman–Crippen MR) is 97.4 cm³/mol. The zero-order chi connectivity index (χ0) is 19.4. The smallest absolute Gasteiger partial charge is 0.211 e. The Morgan fingerprint density at radius 3 is 2.50 bits per heavy atom. The molecule has 0 amide bonds. The summed E-state index contributed by atoms with van der Waals surface area (Å²) >= 11 is 0. The molecule has 26 heavy (non-hydrogen) atoms. The molecule has 0 bridgehead atoms. The number of halogens is 1. The molecule has 0 aliphatic carbocycles. The van der Waals surface area contributed by atoms with E-state index in [2.05, 4.69) is 9.71 Å². The summed E-state index contributed by atoms with van der Waals surface area (Å²) in [5.41, 5.74) is 0.552. The number of nitrogens with zero attached hydrogens (tertiary/aromatic N) is 1. The molecular formula is C17H21FN2O4S2. The molecular weight excluding hydrogens is 379 g/mol. The van der Waals surface area contributed by atoms with Gasteiger partial charge < -0.3 is 0 Å². The monoisotopic (exact) mass is 400 g/mol. The molecule has 1 N–H and O–H groups in total. The number of sulfonamides is 1. The van der Waals surface area contributed by atoms with Gasteiger partial charge in [-0.2, -0.15) is 0 Å². The van der Waals surface area contributed by atoms with Gasteiger partial charge in [-0.15, -0.1) is 0 Å². The Labute approximate surface area is 153 Å². The molecule has 1 aromatic carbocycles. The Kier molecular flexibility index (Phi) is 6.48. The average molecular weight is 400 g/mol. The molecule has 0 aliphatic rings. The molecule has 0 saturated carbocycles. The molecule has 0 aliphatic heterocycles. The highest BCUT2D eigenvalue weighted by molar-refractivity contribution is 7.92. The van der Waals surface area contributed by atoms with Crippen molar-refractivity contribution >= 4 is 19.9 Å². The van der Waals surface area contributed by atoms with Crippen LogP contribution in [0.15, 0.2) is 47.6 Å². The minimum Gasteiger partial charge on any atom is -0.264 e. The molecule has 0 radical (unpaired) electrons. The fourth-order valence-electron chi connectivity index (χ4n) is 2.48. The van der Waals surface area contributed by atoms with E-state index in [1.807, 2.05) is 0 Å². The van der Waals surface area contributed by atoms with Crippen LogP contribution in [-0.2, 0) is 19.9 Å². The van der Waals surface area contributed by atoms with Crippen molar-refractivity contribution in [3.63, 3.8) is 0 Å². The van der Waals surface area contributed by atoms with Crippen molar-refractivity contribution < 1.29 is 21.2 Å². The normalized spacial score (nSPS) is 13.5. The third-order valence-electron chi connectivity index (χ3n) is 3.85. The second-order valence-electron chi connectivity index (χ2n) is 5.90. The quantitative estimate of drug-likeness (QED) is 0.687. The zero-order valence-corrected chi connectivity index (χ0v) is 16.1. The average Bonchev–Trinajstić information content (AvgIpc) is 2.58. The van der Waals surface area contributed by atoms with E-state index in [9.17, 15) is 21.2 Å². The third-order valence-corrected chi connectivity index (χ3v) is 7.50. The van der Waals surface area contributed by atoms with Crippen molar-refractivity contribution in [1.82, 2.24) is 9.71 Å². The first-order valence-corrected chi connectivity index (χ1v) is 11.2. The van der Waals surface area contributed by atoms with Crippen molar-refractivity contribution in [2.75, 3.05) is 12.3 Å². The van der Waals surface area contributed by atoms with Gasteiger partial charge in [0.15, 0.2) is 9.84 Å². The maximum Gasteiger partial charge on any atom is 0.211 e. The van der Waals surface area contributed by atoms with E-state index < -0.39 is 30.9 Å². The van der Waals surface area contributed by atoms with E-state index in [4.69, 9.17) is 0 Å². The second kappa shape index (κ2) is 8.24. The van der Waals surface area contributed by atoms with E-state index in [1.165, 1.54) is 31.5 Å². The lowest BCUT2D eigenvalue weighted by Crippen LogP contribution is -2.33. The van der Waals surface area contributed by atoms with Gasteiger partial charge in [-0.05, 0) is 48.7 Å². The molecule has 2 rings (SSSR count). The maximum atomic E-state index is 13.5. The van der Waals surface area contributed by atoms with Crippen molar-refractivity contribution in [2.45, 2.75) is 30.4 Å². The topological polar surface area (TPSA) is 93.2 Å². The number of pyridine rings is 1.